The third-order valence-electron chi connectivity index (χ3n) is 5.71. The molecule has 0 fully saturated rings. The van der Waals surface area contributed by atoms with Crippen molar-refractivity contribution in [1.82, 2.24) is 4.98 Å². The number of fused-ring (bicyclic) bond motifs is 1. The number of alkyl halides is 1. The largest absolute Gasteiger partial charge is 0.298 e. The van der Waals surface area contributed by atoms with Crippen LogP contribution in [-0.4, -0.2) is 15.6 Å². The van der Waals surface area contributed by atoms with Crippen LogP contribution in [0.2, 0.25) is 0 Å². The molecule has 0 saturated heterocycles. The molecule has 3 heteroatoms. The Morgan fingerprint density at radius 1 is 0.793 bits per heavy atom. The molecule has 0 radical (unpaired) electrons. The average molecular weight is 461 g/mol. The maximum Gasteiger partial charge on any atom is 0.146 e. The molecule has 2 rings (SSSR count). The van der Waals surface area contributed by atoms with Gasteiger partial charge in [-0.2, -0.15) is 0 Å². The highest BCUT2D eigenvalue weighted by Crippen LogP contribution is 2.16. The van der Waals surface area contributed by atoms with Crippen LogP contribution >= 0.6 is 15.9 Å². The number of hydrogen-bond acceptors (Lipinski definition) is 2. The number of rotatable bonds is 16. The maximum atomic E-state index is 11.5. The fourth-order valence-corrected chi connectivity index (χ4v) is 4.05. The molecule has 0 aliphatic rings. The molecule has 0 amide bonds. The molecule has 1 heterocycles. The maximum absolute atomic E-state index is 11.5. The van der Waals surface area contributed by atoms with E-state index >= 15 is 0 Å². The molecule has 0 spiro atoms. The number of aromatic nitrogens is 1. The van der Waals surface area contributed by atoms with Crippen molar-refractivity contribution in [3.8, 4) is 0 Å². The number of carbonyl (C=O) groups excluding carboxylic acids is 1. The summed E-state index contributed by atoms with van der Waals surface area (Å²) >= 11 is 3.34. The van der Waals surface area contributed by atoms with E-state index in [1.807, 2.05) is 6.92 Å². The van der Waals surface area contributed by atoms with Crippen molar-refractivity contribution < 1.29 is 4.79 Å². The number of pyridine rings is 1. The van der Waals surface area contributed by atoms with Gasteiger partial charge in [-0.25, -0.2) is 0 Å². The summed E-state index contributed by atoms with van der Waals surface area (Å²) in [4.78, 5) is 16.3. The van der Waals surface area contributed by atoms with Gasteiger partial charge in [0.15, 0.2) is 0 Å². The Hall–Kier alpha value is -1.22. The third-order valence-corrected chi connectivity index (χ3v) is 6.22. The molecule has 1 unspecified atom stereocenters. The van der Waals surface area contributed by atoms with Crippen LogP contribution in [0, 0.1) is 0 Å². The summed E-state index contributed by atoms with van der Waals surface area (Å²) in [6.45, 7) is 1.92. The van der Waals surface area contributed by atoms with Gasteiger partial charge in [0.1, 0.15) is 5.78 Å². The minimum absolute atomic E-state index is 0.0258. The van der Waals surface area contributed by atoms with Gasteiger partial charge in [0, 0.05) is 17.5 Å². The first-order valence-corrected chi connectivity index (χ1v) is 12.6. The molecule has 160 valence electrons. The van der Waals surface area contributed by atoms with Crippen LogP contribution in [0.3, 0.4) is 0 Å². The number of para-hydroxylation sites is 1. The zero-order valence-electron chi connectivity index (χ0n) is 18.2. The Morgan fingerprint density at radius 2 is 1.34 bits per heavy atom. The molecule has 0 aliphatic heterocycles. The lowest BCUT2D eigenvalue weighted by atomic mass is 10.0. The van der Waals surface area contributed by atoms with E-state index in [0.717, 1.165) is 24.8 Å². The van der Waals surface area contributed by atoms with E-state index in [1.54, 1.807) is 0 Å². The second-order valence-corrected chi connectivity index (χ2v) is 9.69. The van der Waals surface area contributed by atoms with Gasteiger partial charge < -0.3 is 0 Å². The Morgan fingerprint density at radius 3 is 1.97 bits per heavy atom. The number of ketones is 1. The summed E-state index contributed by atoms with van der Waals surface area (Å²) in [5.74, 6) is 0.346. The van der Waals surface area contributed by atoms with Crippen molar-refractivity contribution >= 4 is 32.6 Å². The lowest BCUT2D eigenvalue weighted by Crippen LogP contribution is -2.08. The Labute approximate surface area is 186 Å². The number of aryl methyl sites for hydroxylation is 1. The molecule has 2 aromatic rings. The normalized spacial score (nSPS) is 12.3. The number of benzene rings is 1. The minimum atomic E-state index is 0.0258. The van der Waals surface area contributed by atoms with E-state index < -0.39 is 0 Å². The molecule has 2 nitrogen and oxygen atoms in total. The zero-order chi connectivity index (χ0) is 20.7. The smallest absolute Gasteiger partial charge is 0.146 e. The Balaban J connectivity index is 1.37. The Kier molecular flexibility index (Phi) is 12.2. The van der Waals surface area contributed by atoms with Crippen molar-refractivity contribution in [1.29, 1.82) is 0 Å². The van der Waals surface area contributed by atoms with Crippen molar-refractivity contribution in [3.05, 3.63) is 42.1 Å². The monoisotopic (exact) mass is 459 g/mol. The summed E-state index contributed by atoms with van der Waals surface area (Å²) in [6, 6.07) is 12.7. The lowest BCUT2D eigenvalue weighted by Gasteiger charge is -2.05. The van der Waals surface area contributed by atoms with Gasteiger partial charge in [-0.3, -0.25) is 9.78 Å². The lowest BCUT2D eigenvalue weighted by molar-refractivity contribution is -0.118. The van der Waals surface area contributed by atoms with E-state index in [9.17, 15) is 4.79 Å². The van der Waals surface area contributed by atoms with E-state index in [4.69, 9.17) is 4.98 Å². The van der Waals surface area contributed by atoms with Crippen LogP contribution in [0.25, 0.3) is 10.9 Å². The molecule has 0 bridgehead atoms. The van der Waals surface area contributed by atoms with E-state index in [-0.39, 0.29) is 4.83 Å². The molecule has 0 saturated carbocycles. The van der Waals surface area contributed by atoms with Crippen molar-refractivity contribution in [3.63, 3.8) is 0 Å². The third kappa shape index (κ3) is 10.4. The number of unbranched alkanes of at least 4 members (excludes halogenated alkanes) is 11. The molecular formula is C26H38BrNO. The first kappa shape index (κ1) is 24.1. The molecule has 1 atom stereocenters. The van der Waals surface area contributed by atoms with Gasteiger partial charge in [-0.05, 0) is 38.3 Å². The predicted molar refractivity (Wildman–Crippen MR) is 129 cm³/mol. The fourth-order valence-electron chi connectivity index (χ4n) is 3.82. The summed E-state index contributed by atoms with van der Waals surface area (Å²) < 4.78 is 0. The number of nitrogens with zero attached hydrogens (tertiary/aromatic N) is 1. The van der Waals surface area contributed by atoms with Gasteiger partial charge in [0.25, 0.3) is 0 Å². The van der Waals surface area contributed by atoms with Crippen molar-refractivity contribution in [2.24, 2.45) is 0 Å². The quantitative estimate of drug-likeness (QED) is 0.187. The van der Waals surface area contributed by atoms with Gasteiger partial charge in [-0.1, -0.05) is 104 Å². The Bertz CT molecular complexity index is 713. The minimum Gasteiger partial charge on any atom is -0.298 e. The summed E-state index contributed by atoms with van der Waals surface area (Å²) in [5.41, 5.74) is 2.35. The van der Waals surface area contributed by atoms with Gasteiger partial charge in [0.05, 0.1) is 10.3 Å². The number of Topliss-reactive ketones (excluding diaryl/α,β-unsaturated/α-hetero) is 1. The number of halogens is 1. The summed E-state index contributed by atoms with van der Waals surface area (Å²) in [5, 5.41) is 1.23. The molecule has 29 heavy (non-hydrogen) atoms. The second kappa shape index (κ2) is 14.7. The first-order valence-electron chi connectivity index (χ1n) is 11.7. The van der Waals surface area contributed by atoms with Gasteiger partial charge in [0.2, 0.25) is 0 Å². The highest BCUT2D eigenvalue weighted by molar-refractivity contribution is 9.10. The second-order valence-electron chi connectivity index (χ2n) is 8.32. The zero-order valence-corrected chi connectivity index (χ0v) is 19.8. The fraction of sp³-hybridized carbons (Fsp3) is 0.615. The van der Waals surface area contributed by atoms with Crippen LogP contribution in [0.4, 0.5) is 0 Å². The standard InChI is InChI=1S/C26H38BrNO/c1-22(27)26(29)19-13-11-9-7-5-3-2-4-6-8-10-12-17-24-21-20-23-16-14-15-18-25(23)28-24/h14-16,18,20-22H,2-13,17,19H2,1H3. The molecule has 1 aromatic heterocycles. The van der Waals surface area contributed by atoms with E-state index in [0.29, 0.717) is 5.78 Å². The van der Waals surface area contributed by atoms with Crippen LogP contribution in [0.15, 0.2) is 36.4 Å². The van der Waals surface area contributed by atoms with Crippen LogP contribution in [-0.2, 0) is 11.2 Å². The molecule has 0 N–H and O–H groups in total. The molecule has 0 aliphatic carbocycles. The average Bonchev–Trinajstić information content (AvgIpc) is 2.73. The van der Waals surface area contributed by atoms with E-state index in [1.165, 1.54) is 81.7 Å². The molecule has 1 aromatic carbocycles. The van der Waals surface area contributed by atoms with Crippen molar-refractivity contribution in [2.75, 3.05) is 0 Å². The SMILES string of the molecule is CC(Br)C(=O)CCCCCCCCCCCCCCc1ccc2ccccc2n1. The highest BCUT2D eigenvalue weighted by atomic mass is 79.9. The molecular weight excluding hydrogens is 422 g/mol. The number of hydrogen-bond donors (Lipinski definition) is 0. The van der Waals surface area contributed by atoms with Crippen molar-refractivity contribution in [2.45, 2.75) is 102 Å². The van der Waals surface area contributed by atoms with E-state index in [2.05, 4.69) is 52.3 Å². The topological polar surface area (TPSA) is 30.0 Å². The predicted octanol–water partition coefficient (Wildman–Crippen LogP) is 8.20. The first-order chi connectivity index (χ1) is 14.2. The summed E-state index contributed by atoms with van der Waals surface area (Å²) in [7, 11) is 0. The highest BCUT2D eigenvalue weighted by Gasteiger charge is 2.07. The van der Waals surface area contributed by atoms with Gasteiger partial charge >= 0.3 is 0 Å². The van der Waals surface area contributed by atoms with Crippen LogP contribution in [0.1, 0.15) is 96.1 Å². The summed E-state index contributed by atoms with van der Waals surface area (Å²) in [6.07, 6.45) is 17.5. The van der Waals surface area contributed by atoms with Crippen LogP contribution < -0.4 is 0 Å². The van der Waals surface area contributed by atoms with Crippen LogP contribution in [0.5, 0.6) is 0 Å². The number of carbonyl (C=O) groups is 1. The van der Waals surface area contributed by atoms with Gasteiger partial charge in [-0.15, -0.1) is 0 Å².